The van der Waals surface area contributed by atoms with Crippen LogP contribution in [0.5, 0.6) is 0 Å². The highest BCUT2D eigenvalue weighted by Crippen LogP contribution is 2.31. The minimum atomic E-state index is -0.800. The summed E-state index contributed by atoms with van der Waals surface area (Å²) in [5, 5.41) is 5.20. The van der Waals surface area contributed by atoms with Gasteiger partial charge in [0.1, 0.15) is 11.6 Å². The summed E-state index contributed by atoms with van der Waals surface area (Å²) in [4.78, 5) is 40.3. The van der Waals surface area contributed by atoms with Crippen LogP contribution in [-0.2, 0) is 14.4 Å². The number of likely N-dealkylation sites (N-methyl/N-ethyl adjacent to an activating group) is 1. The summed E-state index contributed by atoms with van der Waals surface area (Å²) in [7, 11) is 1.58. The van der Waals surface area contributed by atoms with Crippen LogP contribution in [0.3, 0.4) is 0 Å². The SMILES string of the molecule is C[C@@H]1CC(=O)Nc2ccccc2N1C(=O)CN(C)CC(=O)Nc1cc(F)cc(F)c1. The molecule has 0 bridgehead atoms. The average Bonchev–Trinajstić information content (AvgIpc) is 2.74. The van der Waals surface area contributed by atoms with Crippen LogP contribution in [0.4, 0.5) is 25.8 Å². The van der Waals surface area contributed by atoms with Crippen molar-refractivity contribution in [2.75, 3.05) is 35.7 Å². The Morgan fingerprint density at radius 1 is 1.17 bits per heavy atom. The lowest BCUT2D eigenvalue weighted by molar-refractivity contribution is -0.121. The molecule has 0 fully saturated rings. The Balaban J connectivity index is 1.66. The van der Waals surface area contributed by atoms with Gasteiger partial charge in [-0.05, 0) is 38.2 Å². The average molecular weight is 416 g/mol. The monoisotopic (exact) mass is 416 g/mol. The van der Waals surface area contributed by atoms with Crippen LogP contribution in [0.1, 0.15) is 13.3 Å². The first-order chi connectivity index (χ1) is 14.2. The number of nitrogens with one attached hydrogen (secondary N) is 2. The van der Waals surface area contributed by atoms with Crippen molar-refractivity contribution in [1.82, 2.24) is 4.90 Å². The lowest BCUT2D eigenvalue weighted by Gasteiger charge is -2.29. The van der Waals surface area contributed by atoms with Crippen molar-refractivity contribution < 1.29 is 23.2 Å². The second-order valence-electron chi connectivity index (χ2n) is 7.26. The van der Waals surface area contributed by atoms with Crippen molar-refractivity contribution >= 4 is 34.8 Å². The predicted molar refractivity (Wildman–Crippen MR) is 109 cm³/mol. The van der Waals surface area contributed by atoms with Crippen LogP contribution in [0.2, 0.25) is 0 Å². The van der Waals surface area contributed by atoms with Gasteiger partial charge in [0.15, 0.2) is 0 Å². The van der Waals surface area contributed by atoms with Crippen molar-refractivity contribution in [3.63, 3.8) is 0 Å². The summed E-state index contributed by atoms with van der Waals surface area (Å²) in [5.41, 5.74) is 1.14. The fraction of sp³-hybridized carbons (Fsp3) is 0.286. The van der Waals surface area contributed by atoms with Crippen molar-refractivity contribution in [3.05, 3.63) is 54.1 Å². The molecule has 0 aliphatic carbocycles. The number of anilines is 3. The molecule has 0 saturated carbocycles. The Morgan fingerprint density at radius 3 is 2.53 bits per heavy atom. The van der Waals surface area contributed by atoms with E-state index in [-0.39, 0.29) is 43.1 Å². The fourth-order valence-corrected chi connectivity index (χ4v) is 3.40. The molecule has 1 aliphatic heterocycles. The molecule has 7 nitrogen and oxygen atoms in total. The Kier molecular flexibility index (Phi) is 6.41. The first kappa shape index (κ1) is 21.4. The summed E-state index contributed by atoms with van der Waals surface area (Å²) in [6.45, 7) is 1.54. The van der Waals surface area contributed by atoms with Crippen LogP contribution in [0.25, 0.3) is 0 Å². The molecule has 1 aliphatic rings. The third-order valence-corrected chi connectivity index (χ3v) is 4.59. The lowest BCUT2D eigenvalue weighted by atomic mass is 10.1. The van der Waals surface area contributed by atoms with Crippen molar-refractivity contribution in [3.8, 4) is 0 Å². The van der Waals surface area contributed by atoms with E-state index in [1.54, 1.807) is 43.1 Å². The smallest absolute Gasteiger partial charge is 0.241 e. The standard InChI is InChI=1S/C21H22F2N4O3/c1-13-7-19(28)25-17-5-3-4-6-18(17)27(13)21(30)12-26(2)11-20(29)24-16-9-14(22)8-15(23)10-16/h3-6,8-10,13H,7,11-12H2,1-2H3,(H,24,29)(H,25,28)/t13-/m1/s1. The van der Waals surface area contributed by atoms with Gasteiger partial charge in [-0.1, -0.05) is 12.1 Å². The number of halogens is 2. The molecule has 3 rings (SSSR count). The van der Waals surface area contributed by atoms with Crippen molar-refractivity contribution in [1.29, 1.82) is 0 Å². The molecule has 1 heterocycles. The third-order valence-electron chi connectivity index (χ3n) is 4.59. The number of benzene rings is 2. The summed E-state index contributed by atoms with van der Waals surface area (Å²) in [6.07, 6.45) is 0.149. The van der Waals surface area contributed by atoms with Gasteiger partial charge in [-0.2, -0.15) is 0 Å². The minimum Gasteiger partial charge on any atom is -0.325 e. The maximum atomic E-state index is 13.3. The highest BCUT2D eigenvalue weighted by Gasteiger charge is 2.30. The molecule has 30 heavy (non-hydrogen) atoms. The molecule has 0 aromatic heterocycles. The zero-order valence-corrected chi connectivity index (χ0v) is 16.6. The number of fused-ring (bicyclic) bond motifs is 1. The maximum absolute atomic E-state index is 13.3. The molecule has 2 aromatic rings. The van der Waals surface area contributed by atoms with Crippen LogP contribution in [-0.4, -0.2) is 48.8 Å². The zero-order chi connectivity index (χ0) is 21.8. The van der Waals surface area contributed by atoms with Gasteiger partial charge in [0, 0.05) is 24.2 Å². The van der Waals surface area contributed by atoms with Gasteiger partial charge in [-0.25, -0.2) is 8.78 Å². The number of nitrogens with zero attached hydrogens (tertiary/aromatic N) is 2. The second-order valence-corrected chi connectivity index (χ2v) is 7.26. The van der Waals surface area contributed by atoms with E-state index in [0.717, 1.165) is 12.1 Å². The van der Waals surface area contributed by atoms with Gasteiger partial charge in [-0.15, -0.1) is 0 Å². The molecule has 0 saturated heterocycles. The summed E-state index contributed by atoms with van der Waals surface area (Å²) < 4.78 is 26.5. The topological polar surface area (TPSA) is 81.8 Å². The quantitative estimate of drug-likeness (QED) is 0.785. The van der Waals surface area contributed by atoms with E-state index < -0.39 is 17.5 Å². The number of hydrogen-bond donors (Lipinski definition) is 2. The van der Waals surface area contributed by atoms with E-state index in [9.17, 15) is 23.2 Å². The third kappa shape index (κ3) is 5.18. The summed E-state index contributed by atoms with van der Waals surface area (Å²) >= 11 is 0. The van der Waals surface area contributed by atoms with Crippen LogP contribution in [0.15, 0.2) is 42.5 Å². The molecule has 3 amide bonds. The Morgan fingerprint density at radius 2 is 1.83 bits per heavy atom. The number of hydrogen-bond acceptors (Lipinski definition) is 4. The predicted octanol–water partition coefficient (Wildman–Crippen LogP) is 2.60. The lowest BCUT2D eigenvalue weighted by Crippen LogP contribution is -2.45. The van der Waals surface area contributed by atoms with E-state index in [4.69, 9.17) is 0 Å². The van der Waals surface area contributed by atoms with Crippen LogP contribution >= 0.6 is 0 Å². The number of carbonyl (C=O) groups excluding carboxylic acids is 3. The van der Waals surface area contributed by atoms with E-state index in [1.807, 2.05) is 0 Å². The van der Waals surface area contributed by atoms with Gasteiger partial charge >= 0.3 is 0 Å². The number of amides is 3. The van der Waals surface area contributed by atoms with Crippen molar-refractivity contribution in [2.45, 2.75) is 19.4 Å². The molecular formula is C21H22F2N4O3. The highest BCUT2D eigenvalue weighted by atomic mass is 19.1. The van der Waals surface area contributed by atoms with Crippen molar-refractivity contribution in [2.24, 2.45) is 0 Å². The Hall–Kier alpha value is -3.33. The summed E-state index contributed by atoms with van der Waals surface area (Å²) in [5.74, 6) is -2.58. The Bertz CT molecular complexity index is 962. The molecule has 2 N–H and O–H groups in total. The molecular weight excluding hydrogens is 394 g/mol. The van der Waals surface area contributed by atoms with Crippen LogP contribution in [0, 0.1) is 11.6 Å². The first-order valence-electron chi connectivity index (χ1n) is 9.38. The minimum absolute atomic E-state index is 0.00289. The van der Waals surface area contributed by atoms with Gasteiger partial charge in [0.2, 0.25) is 17.7 Å². The van der Waals surface area contributed by atoms with Crippen LogP contribution < -0.4 is 15.5 Å². The number of para-hydroxylation sites is 2. The maximum Gasteiger partial charge on any atom is 0.241 e. The molecule has 0 spiro atoms. The number of carbonyl (C=O) groups is 3. The van der Waals surface area contributed by atoms with E-state index in [1.165, 1.54) is 4.90 Å². The van der Waals surface area contributed by atoms with Gasteiger partial charge in [0.25, 0.3) is 0 Å². The molecule has 2 aromatic carbocycles. The fourth-order valence-electron chi connectivity index (χ4n) is 3.40. The van der Waals surface area contributed by atoms with E-state index >= 15 is 0 Å². The molecule has 0 radical (unpaired) electrons. The van der Waals surface area contributed by atoms with E-state index in [0.29, 0.717) is 17.4 Å². The molecule has 9 heteroatoms. The largest absolute Gasteiger partial charge is 0.325 e. The molecule has 158 valence electrons. The number of rotatable bonds is 5. The normalized spacial score (nSPS) is 16.0. The van der Waals surface area contributed by atoms with Gasteiger partial charge in [-0.3, -0.25) is 19.3 Å². The van der Waals surface area contributed by atoms with Gasteiger partial charge in [0.05, 0.1) is 24.5 Å². The zero-order valence-electron chi connectivity index (χ0n) is 16.6. The van der Waals surface area contributed by atoms with E-state index in [2.05, 4.69) is 10.6 Å². The summed E-state index contributed by atoms with van der Waals surface area (Å²) in [6, 6.07) is 9.38. The highest BCUT2D eigenvalue weighted by molar-refractivity contribution is 6.05. The molecule has 0 unspecified atom stereocenters. The first-order valence-corrected chi connectivity index (χ1v) is 9.38. The Labute approximate surface area is 172 Å². The second kappa shape index (κ2) is 9.00. The molecule has 1 atom stereocenters. The van der Waals surface area contributed by atoms with Gasteiger partial charge < -0.3 is 15.5 Å².